The molecule has 9 heteroatoms. The number of nitrogens with zero attached hydrogens (tertiary/aromatic N) is 3. The molecule has 0 fully saturated rings. The molecule has 0 atom stereocenters. The summed E-state index contributed by atoms with van der Waals surface area (Å²) in [6.45, 7) is 3.51. The second kappa shape index (κ2) is 8.78. The molecule has 0 unspecified atom stereocenters. The van der Waals surface area contributed by atoms with Crippen molar-refractivity contribution in [1.29, 1.82) is 0 Å². The van der Waals surface area contributed by atoms with Gasteiger partial charge in [0, 0.05) is 46.9 Å². The largest absolute Gasteiger partial charge is 0.416 e. The van der Waals surface area contributed by atoms with Crippen LogP contribution >= 0.6 is 0 Å². The normalized spacial score (nSPS) is 11.3. The number of carbonyl (C=O) groups excluding carboxylic acids is 1. The fourth-order valence-corrected chi connectivity index (χ4v) is 3.36. The van der Waals surface area contributed by atoms with Crippen molar-refractivity contribution in [2.45, 2.75) is 20.0 Å². The van der Waals surface area contributed by atoms with Crippen molar-refractivity contribution < 1.29 is 18.0 Å². The first-order valence-corrected chi connectivity index (χ1v) is 10.0. The highest BCUT2D eigenvalue weighted by Crippen LogP contribution is 2.33. The summed E-state index contributed by atoms with van der Waals surface area (Å²) in [4.78, 5) is 21.0. The van der Waals surface area contributed by atoms with E-state index in [1.54, 1.807) is 56.7 Å². The minimum atomic E-state index is -4.57. The first-order chi connectivity index (χ1) is 15.7. The predicted molar refractivity (Wildman–Crippen MR) is 120 cm³/mol. The molecule has 0 saturated heterocycles. The molecular formula is C24H20F3N5O. The van der Waals surface area contributed by atoms with Crippen LogP contribution in [0.15, 0.2) is 73.4 Å². The lowest BCUT2D eigenvalue weighted by Gasteiger charge is -2.15. The molecule has 4 aromatic rings. The van der Waals surface area contributed by atoms with Crippen LogP contribution in [0.4, 0.5) is 30.2 Å². The van der Waals surface area contributed by atoms with Gasteiger partial charge in [-0.2, -0.15) is 13.2 Å². The molecule has 0 spiro atoms. The van der Waals surface area contributed by atoms with Crippen molar-refractivity contribution in [3.05, 3.63) is 95.8 Å². The Morgan fingerprint density at radius 3 is 2.42 bits per heavy atom. The number of alkyl halides is 3. The van der Waals surface area contributed by atoms with Crippen LogP contribution in [-0.4, -0.2) is 20.4 Å². The number of hydrogen-bond acceptors (Lipinski definition) is 4. The molecule has 1 amide bonds. The summed E-state index contributed by atoms with van der Waals surface area (Å²) < 4.78 is 42.0. The van der Waals surface area contributed by atoms with Gasteiger partial charge in [0.25, 0.3) is 5.91 Å². The predicted octanol–water partition coefficient (Wildman–Crippen LogP) is 5.90. The molecule has 2 heterocycles. The molecule has 2 aromatic heterocycles. The van der Waals surface area contributed by atoms with E-state index in [1.165, 1.54) is 17.0 Å². The Balaban J connectivity index is 1.65. The number of nitrogens with one attached hydrogen (secondary N) is 2. The molecule has 0 aliphatic heterocycles. The fraction of sp³-hybridized carbons (Fsp3) is 0.125. The van der Waals surface area contributed by atoms with Crippen LogP contribution in [0.1, 0.15) is 27.2 Å². The maximum absolute atomic E-state index is 13.5. The summed E-state index contributed by atoms with van der Waals surface area (Å²) in [5.74, 6) is -0.516. The van der Waals surface area contributed by atoms with Crippen molar-refractivity contribution in [2.75, 3.05) is 10.6 Å². The van der Waals surface area contributed by atoms with E-state index in [-0.39, 0.29) is 11.4 Å². The SMILES string of the molecule is Cc1cn(-c2cc(NC(=O)c3cccc(Nc4ccncc4)c3C)cc(C(F)(F)F)c2)cn1. The summed E-state index contributed by atoms with van der Waals surface area (Å²) in [7, 11) is 0. The summed E-state index contributed by atoms with van der Waals surface area (Å²) in [5.41, 5.74) is 2.55. The lowest BCUT2D eigenvalue weighted by atomic mass is 10.1. The van der Waals surface area contributed by atoms with Crippen LogP contribution in [0, 0.1) is 13.8 Å². The standard InChI is InChI=1S/C24H20F3N5O/c1-15-13-32(14-29-15)20-11-17(24(25,26)27)10-19(12-20)31-23(33)21-4-3-5-22(16(21)2)30-18-6-8-28-9-7-18/h3-14H,1-2H3,(H,28,30)(H,31,33). The topological polar surface area (TPSA) is 71.8 Å². The van der Waals surface area contributed by atoms with Crippen LogP contribution in [0.25, 0.3) is 5.69 Å². The van der Waals surface area contributed by atoms with Gasteiger partial charge in [0.2, 0.25) is 0 Å². The maximum Gasteiger partial charge on any atom is 0.416 e. The van der Waals surface area contributed by atoms with Crippen LogP contribution in [0.2, 0.25) is 0 Å². The second-order valence-electron chi connectivity index (χ2n) is 7.48. The zero-order chi connectivity index (χ0) is 23.6. The Kier molecular flexibility index (Phi) is 5.87. The molecule has 0 aliphatic rings. The van der Waals surface area contributed by atoms with E-state index in [0.717, 1.165) is 17.8 Å². The van der Waals surface area contributed by atoms with Crippen molar-refractivity contribution in [3.63, 3.8) is 0 Å². The quantitative estimate of drug-likeness (QED) is 0.396. The van der Waals surface area contributed by atoms with E-state index in [9.17, 15) is 18.0 Å². The number of rotatable bonds is 5. The zero-order valence-electron chi connectivity index (χ0n) is 17.8. The second-order valence-corrected chi connectivity index (χ2v) is 7.48. The number of hydrogen-bond donors (Lipinski definition) is 2. The van der Waals surface area contributed by atoms with Crippen molar-refractivity contribution >= 4 is 23.0 Å². The lowest BCUT2D eigenvalue weighted by molar-refractivity contribution is -0.137. The molecule has 2 aromatic carbocycles. The van der Waals surface area contributed by atoms with Crippen LogP contribution in [0.5, 0.6) is 0 Å². The van der Waals surface area contributed by atoms with Gasteiger partial charge < -0.3 is 15.2 Å². The van der Waals surface area contributed by atoms with Crippen molar-refractivity contribution in [1.82, 2.24) is 14.5 Å². The van der Waals surface area contributed by atoms with Gasteiger partial charge in [-0.3, -0.25) is 9.78 Å². The van der Waals surface area contributed by atoms with Crippen LogP contribution < -0.4 is 10.6 Å². The van der Waals surface area contributed by atoms with Gasteiger partial charge in [0.1, 0.15) is 0 Å². The lowest BCUT2D eigenvalue weighted by Crippen LogP contribution is -2.15. The molecule has 168 valence electrons. The highest BCUT2D eigenvalue weighted by atomic mass is 19.4. The number of carbonyl (C=O) groups is 1. The van der Waals surface area contributed by atoms with E-state index in [0.29, 0.717) is 22.5 Å². The number of pyridine rings is 1. The molecule has 0 saturated carbocycles. The van der Waals surface area contributed by atoms with Gasteiger partial charge in [-0.25, -0.2) is 4.98 Å². The number of benzene rings is 2. The average molecular weight is 451 g/mol. The van der Waals surface area contributed by atoms with Crippen LogP contribution in [-0.2, 0) is 6.18 Å². The third kappa shape index (κ3) is 5.03. The van der Waals surface area contributed by atoms with Gasteiger partial charge in [-0.05, 0) is 61.9 Å². The minimum absolute atomic E-state index is 0.0306. The average Bonchev–Trinajstić information content (AvgIpc) is 3.21. The summed E-state index contributed by atoms with van der Waals surface area (Å²) >= 11 is 0. The molecule has 0 radical (unpaired) electrons. The van der Waals surface area contributed by atoms with Crippen molar-refractivity contribution in [3.8, 4) is 5.69 Å². The summed E-state index contributed by atoms with van der Waals surface area (Å²) in [6.07, 6.45) is 1.74. The Hall–Kier alpha value is -4.14. The molecule has 2 N–H and O–H groups in total. The Morgan fingerprint density at radius 2 is 1.76 bits per heavy atom. The van der Waals surface area contributed by atoms with Gasteiger partial charge in [0.15, 0.2) is 0 Å². The van der Waals surface area contributed by atoms with Gasteiger partial charge >= 0.3 is 6.18 Å². The van der Waals surface area contributed by atoms with E-state index in [2.05, 4.69) is 20.6 Å². The molecular weight excluding hydrogens is 431 g/mol. The molecule has 33 heavy (non-hydrogen) atoms. The third-order valence-electron chi connectivity index (χ3n) is 5.05. The van der Waals surface area contributed by atoms with E-state index >= 15 is 0 Å². The number of aromatic nitrogens is 3. The zero-order valence-corrected chi connectivity index (χ0v) is 17.8. The molecule has 0 aliphatic carbocycles. The minimum Gasteiger partial charge on any atom is -0.355 e. The Labute approximate surface area is 188 Å². The molecule has 6 nitrogen and oxygen atoms in total. The van der Waals surface area contributed by atoms with E-state index in [1.807, 2.05) is 6.07 Å². The molecule has 0 bridgehead atoms. The summed E-state index contributed by atoms with van der Waals surface area (Å²) in [6, 6.07) is 12.1. The van der Waals surface area contributed by atoms with Gasteiger partial charge in [-0.15, -0.1) is 0 Å². The highest BCUT2D eigenvalue weighted by molar-refractivity contribution is 6.06. The van der Waals surface area contributed by atoms with Crippen molar-refractivity contribution in [2.24, 2.45) is 0 Å². The maximum atomic E-state index is 13.5. The van der Waals surface area contributed by atoms with E-state index in [4.69, 9.17) is 0 Å². The fourth-order valence-electron chi connectivity index (χ4n) is 3.36. The first kappa shape index (κ1) is 22.1. The van der Waals surface area contributed by atoms with Gasteiger partial charge in [-0.1, -0.05) is 6.07 Å². The highest BCUT2D eigenvalue weighted by Gasteiger charge is 2.31. The monoisotopic (exact) mass is 451 g/mol. The molecule has 4 rings (SSSR count). The first-order valence-electron chi connectivity index (χ1n) is 10.0. The third-order valence-corrected chi connectivity index (χ3v) is 5.05. The smallest absolute Gasteiger partial charge is 0.355 e. The van der Waals surface area contributed by atoms with E-state index < -0.39 is 17.6 Å². The number of amides is 1. The Morgan fingerprint density at radius 1 is 1.00 bits per heavy atom. The van der Waals surface area contributed by atoms with Crippen LogP contribution in [0.3, 0.4) is 0 Å². The number of anilines is 3. The summed E-state index contributed by atoms with van der Waals surface area (Å²) in [5, 5.41) is 5.82. The number of imidazole rings is 1. The Bertz CT molecular complexity index is 1300. The number of aryl methyl sites for hydroxylation is 1. The van der Waals surface area contributed by atoms with Gasteiger partial charge in [0.05, 0.1) is 17.6 Å². The number of halogens is 3.